The molecule has 0 aliphatic carbocycles. The first-order valence-corrected chi connectivity index (χ1v) is 11.1. The SMILES string of the molecule is C=CCN(C(=O)C(CO)NC(=O)OC(C)(C)C)C(C(=O)Nc1ccc(OC)cc1)c1ccccc1. The summed E-state index contributed by atoms with van der Waals surface area (Å²) in [6.07, 6.45) is 0.610. The summed E-state index contributed by atoms with van der Waals surface area (Å²) in [5, 5.41) is 15.1. The van der Waals surface area contributed by atoms with E-state index in [-0.39, 0.29) is 6.54 Å². The zero-order chi connectivity index (χ0) is 26.0. The molecule has 0 bridgehead atoms. The number of carbonyl (C=O) groups is 3. The number of amides is 3. The van der Waals surface area contributed by atoms with Crippen LogP contribution in [0.4, 0.5) is 10.5 Å². The second-order valence-corrected chi connectivity index (χ2v) is 8.69. The number of methoxy groups -OCH3 is 1. The second kappa shape index (κ2) is 12.6. The number of hydrogen-bond acceptors (Lipinski definition) is 6. The number of ether oxygens (including phenoxy) is 2. The van der Waals surface area contributed by atoms with Crippen LogP contribution in [0.1, 0.15) is 32.4 Å². The molecule has 9 nitrogen and oxygen atoms in total. The van der Waals surface area contributed by atoms with E-state index in [2.05, 4.69) is 17.2 Å². The van der Waals surface area contributed by atoms with Crippen LogP contribution in [0.5, 0.6) is 5.75 Å². The third-order valence-corrected chi connectivity index (χ3v) is 4.81. The van der Waals surface area contributed by atoms with Crippen LogP contribution in [0.25, 0.3) is 0 Å². The predicted octanol–water partition coefficient (Wildman–Crippen LogP) is 3.28. The average molecular weight is 484 g/mol. The fourth-order valence-corrected chi connectivity index (χ4v) is 3.29. The number of anilines is 1. The van der Waals surface area contributed by atoms with Crippen molar-refractivity contribution >= 4 is 23.6 Å². The zero-order valence-corrected chi connectivity index (χ0v) is 20.5. The van der Waals surface area contributed by atoms with Gasteiger partial charge in [-0.2, -0.15) is 0 Å². The van der Waals surface area contributed by atoms with Crippen LogP contribution in [0.15, 0.2) is 67.3 Å². The molecule has 0 radical (unpaired) electrons. The summed E-state index contributed by atoms with van der Waals surface area (Å²) in [7, 11) is 1.54. The van der Waals surface area contributed by atoms with E-state index in [1.54, 1.807) is 82.5 Å². The van der Waals surface area contributed by atoms with Crippen LogP contribution in [0, 0.1) is 0 Å². The quantitative estimate of drug-likeness (QED) is 0.447. The van der Waals surface area contributed by atoms with Crippen molar-refractivity contribution < 1.29 is 29.0 Å². The van der Waals surface area contributed by atoms with Crippen LogP contribution in [-0.2, 0) is 14.3 Å². The second-order valence-electron chi connectivity index (χ2n) is 8.69. The van der Waals surface area contributed by atoms with Crippen LogP contribution in [-0.4, -0.2) is 59.8 Å². The lowest BCUT2D eigenvalue weighted by Gasteiger charge is -2.33. The molecule has 0 saturated heterocycles. The highest BCUT2D eigenvalue weighted by Gasteiger charge is 2.35. The van der Waals surface area contributed by atoms with Gasteiger partial charge in [-0.25, -0.2) is 4.79 Å². The van der Waals surface area contributed by atoms with E-state index < -0.39 is 42.2 Å². The lowest BCUT2D eigenvalue weighted by Crippen LogP contribution is -2.53. The number of hydrogen-bond donors (Lipinski definition) is 3. The lowest BCUT2D eigenvalue weighted by atomic mass is 10.0. The van der Waals surface area contributed by atoms with E-state index in [0.717, 1.165) is 0 Å². The van der Waals surface area contributed by atoms with E-state index >= 15 is 0 Å². The highest BCUT2D eigenvalue weighted by Crippen LogP contribution is 2.25. The molecule has 2 aromatic carbocycles. The molecule has 0 fully saturated rings. The van der Waals surface area contributed by atoms with Gasteiger partial charge in [0.2, 0.25) is 5.91 Å². The molecule has 2 rings (SSSR count). The third kappa shape index (κ3) is 8.15. The number of nitrogens with one attached hydrogen (secondary N) is 2. The lowest BCUT2D eigenvalue weighted by molar-refractivity contribution is -0.140. The molecule has 0 aliphatic heterocycles. The number of alkyl carbamates (subject to hydrolysis) is 1. The monoisotopic (exact) mass is 483 g/mol. The normalized spacial score (nSPS) is 12.6. The molecular formula is C26H33N3O6. The molecule has 2 unspecified atom stereocenters. The molecule has 0 aromatic heterocycles. The molecule has 188 valence electrons. The maximum absolute atomic E-state index is 13.5. The molecule has 2 aromatic rings. The Morgan fingerprint density at radius 2 is 1.71 bits per heavy atom. The summed E-state index contributed by atoms with van der Waals surface area (Å²) >= 11 is 0. The van der Waals surface area contributed by atoms with Gasteiger partial charge in [-0.05, 0) is 50.6 Å². The molecule has 35 heavy (non-hydrogen) atoms. The molecular weight excluding hydrogens is 450 g/mol. The van der Waals surface area contributed by atoms with Crippen molar-refractivity contribution in [1.82, 2.24) is 10.2 Å². The molecule has 0 spiro atoms. The fourth-order valence-electron chi connectivity index (χ4n) is 3.29. The van der Waals surface area contributed by atoms with E-state index in [4.69, 9.17) is 9.47 Å². The Morgan fingerprint density at radius 1 is 1.09 bits per heavy atom. The van der Waals surface area contributed by atoms with E-state index in [0.29, 0.717) is 17.0 Å². The molecule has 0 heterocycles. The molecule has 3 N–H and O–H groups in total. The minimum atomic E-state index is -1.33. The summed E-state index contributed by atoms with van der Waals surface area (Å²) in [5.41, 5.74) is 0.259. The minimum Gasteiger partial charge on any atom is -0.497 e. The molecule has 3 amide bonds. The van der Waals surface area contributed by atoms with Crippen molar-refractivity contribution in [3.05, 3.63) is 72.8 Å². The van der Waals surface area contributed by atoms with E-state index in [9.17, 15) is 19.5 Å². The predicted molar refractivity (Wildman–Crippen MR) is 133 cm³/mol. The van der Waals surface area contributed by atoms with Gasteiger partial charge in [-0.15, -0.1) is 6.58 Å². The Hall–Kier alpha value is -3.85. The van der Waals surface area contributed by atoms with Crippen LogP contribution in [0.3, 0.4) is 0 Å². The highest BCUT2D eigenvalue weighted by molar-refractivity contribution is 5.99. The standard InChI is InChI=1S/C26H33N3O6/c1-6-16-29(24(32)21(17-30)28-25(33)35-26(2,3)4)22(18-10-8-7-9-11-18)23(31)27-19-12-14-20(34-5)15-13-19/h6-15,21-22,30H,1,16-17H2,2-5H3,(H,27,31)(H,28,33). The Bertz CT molecular complexity index is 1000. The van der Waals surface area contributed by atoms with Crippen molar-refractivity contribution in [3.63, 3.8) is 0 Å². The Balaban J connectivity index is 2.37. The molecule has 2 atom stereocenters. The van der Waals surface area contributed by atoms with Crippen molar-refractivity contribution in [1.29, 1.82) is 0 Å². The maximum atomic E-state index is 13.5. The van der Waals surface area contributed by atoms with Crippen molar-refractivity contribution in [2.75, 3.05) is 25.6 Å². The molecule has 9 heteroatoms. The first kappa shape index (κ1) is 27.4. The van der Waals surface area contributed by atoms with Gasteiger partial charge in [0.25, 0.3) is 5.91 Å². The average Bonchev–Trinajstić information content (AvgIpc) is 2.82. The summed E-state index contributed by atoms with van der Waals surface area (Å²) in [6.45, 7) is 8.05. The van der Waals surface area contributed by atoms with Gasteiger partial charge in [0.1, 0.15) is 23.4 Å². The largest absolute Gasteiger partial charge is 0.497 e. The maximum Gasteiger partial charge on any atom is 0.408 e. The smallest absolute Gasteiger partial charge is 0.408 e. The fraction of sp³-hybridized carbons (Fsp3) is 0.346. The van der Waals surface area contributed by atoms with Gasteiger partial charge in [-0.1, -0.05) is 36.4 Å². The van der Waals surface area contributed by atoms with Crippen molar-refractivity contribution in [2.24, 2.45) is 0 Å². The van der Waals surface area contributed by atoms with Gasteiger partial charge < -0.3 is 30.1 Å². The van der Waals surface area contributed by atoms with Crippen molar-refractivity contribution in [3.8, 4) is 5.75 Å². The van der Waals surface area contributed by atoms with E-state index in [1.165, 1.54) is 11.0 Å². The number of aliphatic hydroxyl groups is 1. The van der Waals surface area contributed by atoms with Gasteiger partial charge in [0.15, 0.2) is 0 Å². The Morgan fingerprint density at radius 3 is 2.23 bits per heavy atom. The topological polar surface area (TPSA) is 117 Å². The number of carbonyl (C=O) groups excluding carboxylic acids is 3. The number of benzene rings is 2. The van der Waals surface area contributed by atoms with Crippen LogP contribution in [0.2, 0.25) is 0 Å². The van der Waals surface area contributed by atoms with Crippen LogP contribution >= 0.6 is 0 Å². The Kier molecular flexibility index (Phi) is 9.84. The third-order valence-electron chi connectivity index (χ3n) is 4.81. The minimum absolute atomic E-state index is 0.0130. The van der Waals surface area contributed by atoms with Gasteiger partial charge in [-0.3, -0.25) is 9.59 Å². The number of nitrogens with zero attached hydrogens (tertiary/aromatic N) is 1. The van der Waals surface area contributed by atoms with Gasteiger partial charge in [0.05, 0.1) is 13.7 Å². The summed E-state index contributed by atoms with van der Waals surface area (Å²) in [5.74, 6) is -0.521. The van der Waals surface area contributed by atoms with Crippen LogP contribution < -0.4 is 15.4 Å². The zero-order valence-electron chi connectivity index (χ0n) is 20.5. The summed E-state index contributed by atoms with van der Waals surface area (Å²) < 4.78 is 10.4. The highest BCUT2D eigenvalue weighted by atomic mass is 16.6. The van der Waals surface area contributed by atoms with Gasteiger partial charge in [0, 0.05) is 12.2 Å². The molecule has 0 aliphatic rings. The summed E-state index contributed by atoms with van der Waals surface area (Å²) in [6, 6.07) is 13.1. The number of aliphatic hydroxyl groups excluding tert-OH is 1. The first-order chi connectivity index (χ1) is 16.6. The molecule has 0 saturated carbocycles. The summed E-state index contributed by atoms with van der Waals surface area (Å²) in [4.78, 5) is 40.4. The Labute approximate surface area is 205 Å². The van der Waals surface area contributed by atoms with Crippen molar-refractivity contribution in [2.45, 2.75) is 38.5 Å². The van der Waals surface area contributed by atoms with E-state index in [1.807, 2.05) is 0 Å². The number of rotatable bonds is 10. The van der Waals surface area contributed by atoms with Gasteiger partial charge >= 0.3 is 6.09 Å². The first-order valence-electron chi connectivity index (χ1n) is 11.1.